The molecule has 5 rings (SSSR count). The lowest BCUT2D eigenvalue weighted by molar-refractivity contribution is -0.162. The van der Waals surface area contributed by atoms with Crippen LogP contribution in [-0.4, -0.2) is 91.2 Å². The number of aromatic nitrogens is 3. The first-order valence-corrected chi connectivity index (χ1v) is 15.8. The van der Waals surface area contributed by atoms with Crippen LogP contribution in [0.15, 0.2) is 49.6 Å². The van der Waals surface area contributed by atoms with Crippen LogP contribution < -0.4 is 0 Å². The number of nitrogens with zero attached hydrogens (tertiary/aromatic N) is 5. The van der Waals surface area contributed by atoms with Crippen molar-refractivity contribution in [3.63, 3.8) is 0 Å². The molecule has 238 valence electrons. The van der Waals surface area contributed by atoms with E-state index in [1.165, 1.54) is 0 Å². The zero-order valence-corrected chi connectivity index (χ0v) is 25.9. The van der Waals surface area contributed by atoms with E-state index in [4.69, 9.17) is 9.47 Å². The third kappa shape index (κ3) is 5.45. The van der Waals surface area contributed by atoms with Crippen LogP contribution in [0.2, 0.25) is 0 Å². The van der Waals surface area contributed by atoms with Crippen LogP contribution in [0.5, 0.6) is 0 Å². The number of hydrogen-bond acceptors (Lipinski definition) is 8. The first-order valence-electron chi connectivity index (χ1n) is 15.8. The summed E-state index contributed by atoms with van der Waals surface area (Å²) in [4.78, 5) is 46.0. The lowest BCUT2D eigenvalue weighted by atomic mass is 9.62. The molecule has 3 aliphatic heterocycles. The fourth-order valence-electron chi connectivity index (χ4n) is 7.57. The van der Waals surface area contributed by atoms with Crippen molar-refractivity contribution in [2.24, 2.45) is 17.8 Å². The second-order valence-electron chi connectivity index (χ2n) is 12.5. The number of allylic oxidation sites excluding steroid dienone is 1. The van der Waals surface area contributed by atoms with Gasteiger partial charge in [-0.3, -0.25) is 14.4 Å². The number of ether oxygens (including phenoxy) is 2. The zero-order valence-electron chi connectivity index (χ0n) is 25.9. The summed E-state index contributed by atoms with van der Waals surface area (Å²) in [6.45, 7) is 12.5. The fourth-order valence-corrected chi connectivity index (χ4v) is 7.57. The highest BCUT2D eigenvalue weighted by atomic mass is 16.6. The van der Waals surface area contributed by atoms with Crippen LogP contribution >= 0.6 is 0 Å². The number of aliphatic hydroxyl groups excluding tert-OH is 1. The Bertz CT molecular complexity index is 1390. The average Bonchev–Trinajstić information content (AvgIpc) is 3.68. The normalized spacial score (nSPS) is 28.8. The molecule has 3 fully saturated rings. The molecule has 3 saturated heterocycles. The van der Waals surface area contributed by atoms with E-state index in [1.807, 2.05) is 44.2 Å². The van der Waals surface area contributed by atoms with Gasteiger partial charge >= 0.3 is 5.97 Å². The molecule has 3 unspecified atom stereocenters. The molecule has 1 N–H and O–H groups in total. The highest BCUT2D eigenvalue weighted by molar-refractivity contribution is 5.98. The molecule has 6 atom stereocenters. The quantitative estimate of drug-likeness (QED) is 0.175. The van der Waals surface area contributed by atoms with Crippen molar-refractivity contribution >= 4 is 28.8 Å². The Balaban J connectivity index is 1.48. The Kier molecular flexibility index (Phi) is 9.55. The van der Waals surface area contributed by atoms with Crippen molar-refractivity contribution in [2.45, 2.75) is 82.7 Å². The number of fused-ring (bicyclic) bond motifs is 2. The van der Waals surface area contributed by atoms with Gasteiger partial charge in [-0.2, -0.15) is 0 Å². The molecule has 11 nitrogen and oxygen atoms in total. The van der Waals surface area contributed by atoms with E-state index in [0.29, 0.717) is 44.2 Å². The number of unbranched alkanes of at least 4 members (excludes halogenated alkanes) is 4. The molecule has 2 bridgehead atoms. The van der Waals surface area contributed by atoms with E-state index in [-0.39, 0.29) is 44.2 Å². The molecule has 11 heteroatoms. The molecule has 4 heterocycles. The summed E-state index contributed by atoms with van der Waals surface area (Å²) >= 11 is 0. The van der Waals surface area contributed by atoms with Crippen LogP contribution in [0.3, 0.4) is 0 Å². The van der Waals surface area contributed by atoms with E-state index in [9.17, 15) is 19.5 Å². The lowest BCUT2D eigenvalue weighted by Crippen LogP contribution is -2.56. The SMILES string of the molecule is C=CCCCCOC(=O)[C@H]1[C@H]2C(=O)N(CCCCCO)C(C(=O)N(CC=C)Cn3nnc4ccccc43)C23CC(C)[C@]1(C)O3. The third-order valence-corrected chi connectivity index (χ3v) is 9.79. The van der Waals surface area contributed by atoms with Gasteiger partial charge in [-0.25, -0.2) is 4.68 Å². The number of rotatable bonds is 16. The minimum atomic E-state index is -1.17. The van der Waals surface area contributed by atoms with E-state index in [1.54, 1.807) is 20.6 Å². The summed E-state index contributed by atoms with van der Waals surface area (Å²) in [5, 5.41) is 17.8. The summed E-state index contributed by atoms with van der Waals surface area (Å²) in [5.74, 6) is -2.69. The van der Waals surface area contributed by atoms with E-state index in [2.05, 4.69) is 23.5 Å². The van der Waals surface area contributed by atoms with Gasteiger partial charge in [0.15, 0.2) is 0 Å². The van der Waals surface area contributed by atoms with Crippen LogP contribution in [0.1, 0.15) is 58.8 Å². The Labute approximate surface area is 258 Å². The number of benzene rings is 1. The standard InChI is InChI=1S/C33H45N5O6/c1-5-7-8-14-20-43-31(42)27-26-29(40)37(18-12-9-13-19-39)28(33(26)21-23(3)32(27,4)44-33)30(41)36(17-6-2)22-38-25-16-11-10-15-24(25)34-35-38/h5-6,10-11,15-16,23,26-28,39H,1-2,7-9,12-14,17-22H2,3-4H3/t23?,26-,27+,28?,32-,33?/m0/s1. The molecule has 2 amide bonds. The maximum atomic E-state index is 14.7. The van der Waals surface area contributed by atoms with E-state index in [0.717, 1.165) is 18.4 Å². The number of amides is 2. The monoisotopic (exact) mass is 607 g/mol. The Morgan fingerprint density at radius 3 is 2.73 bits per heavy atom. The molecule has 3 aliphatic rings. The Morgan fingerprint density at radius 1 is 1.18 bits per heavy atom. The molecular weight excluding hydrogens is 562 g/mol. The number of aliphatic hydroxyl groups is 1. The molecule has 0 saturated carbocycles. The highest BCUT2D eigenvalue weighted by Crippen LogP contribution is 2.65. The van der Waals surface area contributed by atoms with Gasteiger partial charge in [-0.1, -0.05) is 36.4 Å². The zero-order chi connectivity index (χ0) is 31.5. The van der Waals surface area contributed by atoms with Gasteiger partial charge in [0.2, 0.25) is 11.8 Å². The second kappa shape index (κ2) is 13.2. The number of carbonyl (C=O) groups excluding carboxylic acids is 3. The van der Waals surface area contributed by atoms with E-state index < -0.39 is 35.0 Å². The average molecular weight is 608 g/mol. The topological polar surface area (TPSA) is 127 Å². The minimum absolute atomic E-state index is 0.0571. The van der Waals surface area contributed by atoms with Crippen LogP contribution in [-0.2, 0) is 30.5 Å². The van der Waals surface area contributed by atoms with Crippen molar-refractivity contribution < 1.29 is 29.0 Å². The van der Waals surface area contributed by atoms with Crippen molar-refractivity contribution in [3.05, 3.63) is 49.6 Å². The predicted octanol–water partition coefficient (Wildman–Crippen LogP) is 3.48. The largest absolute Gasteiger partial charge is 0.465 e. The van der Waals surface area contributed by atoms with Crippen LogP contribution in [0, 0.1) is 17.8 Å². The number of carbonyl (C=O) groups is 3. The second-order valence-corrected chi connectivity index (χ2v) is 12.5. The summed E-state index contributed by atoms with van der Waals surface area (Å²) in [6, 6.07) is 6.59. The molecule has 0 radical (unpaired) electrons. The van der Waals surface area contributed by atoms with Gasteiger partial charge < -0.3 is 24.4 Å². The minimum Gasteiger partial charge on any atom is -0.465 e. The molecule has 2 aromatic rings. The molecular formula is C33H45N5O6. The summed E-state index contributed by atoms with van der Waals surface area (Å²) in [5.41, 5.74) is -0.617. The maximum Gasteiger partial charge on any atom is 0.312 e. The maximum absolute atomic E-state index is 14.7. The molecule has 1 spiro atoms. The molecule has 0 aliphatic carbocycles. The first-order chi connectivity index (χ1) is 21.2. The van der Waals surface area contributed by atoms with Gasteiger partial charge in [0.25, 0.3) is 0 Å². The molecule has 1 aromatic heterocycles. The fraction of sp³-hybridized carbons (Fsp3) is 0.606. The number of esters is 1. The van der Waals surface area contributed by atoms with Crippen LogP contribution in [0.25, 0.3) is 11.0 Å². The molecule has 1 aromatic carbocycles. The van der Waals surface area contributed by atoms with Crippen molar-refractivity contribution in [3.8, 4) is 0 Å². The van der Waals surface area contributed by atoms with Gasteiger partial charge in [-0.15, -0.1) is 18.3 Å². The van der Waals surface area contributed by atoms with Crippen LogP contribution in [0.4, 0.5) is 0 Å². The third-order valence-electron chi connectivity index (χ3n) is 9.79. The number of likely N-dealkylation sites (tertiary alicyclic amines) is 1. The highest BCUT2D eigenvalue weighted by Gasteiger charge is 2.80. The van der Waals surface area contributed by atoms with Gasteiger partial charge in [0, 0.05) is 19.7 Å². The summed E-state index contributed by atoms with van der Waals surface area (Å²) in [6.07, 6.45) is 8.27. The Morgan fingerprint density at radius 2 is 1.98 bits per heavy atom. The number of para-hydroxylation sites is 1. The van der Waals surface area contributed by atoms with Gasteiger partial charge in [0.1, 0.15) is 29.7 Å². The van der Waals surface area contributed by atoms with E-state index >= 15 is 0 Å². The summed E-state index contributed by atoms with van der Waals surface area (Å²) in [7, 11) is 0. The summed E-state index contributed by atoms with van der Waals surface area (Å²) < 4.78 is 14.3. The lowest BCUT2D eigenvalue weighted by Gasteiger charge is -2.37. The van der Waals surface area contributed by atoms with Crippen molar-refractivity contribution in [1.82, 2.24) is 24.8 Å². The Hall–Kier alpha value is -3.57. The first kappa shape index (κ1) is 31.8. The predicted molar refractivity (Wildman–Crippen MR) is 164 cm³/mol. The van der Waals surface area contributed by atoms with Gasteiger partial charge in [-0.05, 0) is 69.9 Å². The molecule has 44 heavy (non-hydrogen) atoms. The van der Waals surface area contributed by atoms with Gasteiger partial charge in [0.05, 0.1) is 23.6 Å². The van der Waals surface area contributed by atoms with Crippen molar-refractivity contribution in [2.75, 3.05) is 26.3 Å². The van der Waals surface area contributed by atoms with Crippen molar-refractivity contribution in [1.29, 1.82) is 0 Å². The number of hydrogen-bond donors (Lipinski definition) is 1. The smallest absolute Gasteiger partial charge is 0.312 e.